The summed E-state index contributed by atoms with van der Waals surface area (Å²) < 4.78 is 4.68. The lowest BCUT2D eigenvalue weighted by molar-refractivity contribution is -0.135. The minimum atomic E-state index is -0.280. The summed E-state index contributed by atoms with van der Waals surface area (Å²) in [6.07, 6.45) is 3.52. The molecular weight excluding hydrogens is 220 g/mol. The molecule has 0 atom stereocenters. The number of piperidine rings is 1. The van der Waals surface area contributed by atoms with E-state index in [1.54, 1.807) is 4.90 Å². The molecule has 5 heteroatoms. The molecule has 0 aliphatic carbocycles. The fraction of sp³-hybridized carbons (Fsp3) is 0.833. The highest BCUT2D eigenvalue weighted by molar-refractivity contribution is 5.79. The van der Waals surface area contributed by atoms with Crippen LogP contribution in [-0.4, -0.2) is 55.1 Å². The van der Waals surface area contributed by atoms with Gasteiger partial charge in [0, 0.05) is 32.1 Å². The van der Waals surface area contributed by atoms with Gasteiger partial charge in [0.15, 0.2) is 0 Å². The summed E-state index contributed by atoms with van der Waals surface area (Å²) in [5, 5.41) is 0. The molecule has 0 aromatic rings. The second-order valence-electron chi connectivity index (χ2n) is 4.76. The molecule has 2 amide bonds. The highest BCUT2D eigenvalue weighted by Crippen LogP contribution is 2.22. The number of hydrogen-bond acceptors (Lipinski definition) is 3. The summed E-state index contributed by atoms with van der Waals surface area (Å²) in [5.41, 5.74) is 0. The van der Waals surface area contributed by atoms with Crippen molar-refractivity contribution in [2.45, 2.75) is 25.7 Å². The number of carbonyl (C=O) groups is 2. The van der Waals surface area contributed by atoms with Crippen LogP contribution in [0.25, 0.3) is 0 Å². The standard InChI is InChI=1S/C12H20N2O3/c1-17-12(16)14-8-4-10(5-9-14)11(15)13-6-2-3-7-13/h10H,2-9H2,1H3. The first-order valence-corrected chi connectivity index (χ1v) is 6.34. The zero-order valence-corrected chi connectivity index (χ0v) is 10.4. The second kappa shape index (κ2) is 5.38. The van der Waals surface area contributed by atoms with Crippen molar-refractivity contribution < 1.29 is 14.3 Å². The molecule has 0 bridgehead atoms. The number of nitrogens with zero attached hydrogens (tertiary/aromatic N) is 2. The summed E-state index contributed by atoms with van der Waals surface area (Å²) >= 11 is 0. The van der Waals surface area contributed by atoms with Gasteiger partial charge in [-0.2, -0.15) is 0 Å². The molecule has 0 aromatic heterocycles. The van der Waals surface area contributed by atoms with E-state index >= 15 is 0 Å². The van der Waals surface area contributed by atoms with Gasteiger partial charge in [-0.3, -0.25) is 4.79 Å². The van der Waals surface area contributed by atoms with Gasteiger partial charge in [-0.05, 0) is 25.7 Å². The highest BCUT2D eigenvalue weighted by Gasteiger charge is 2.31. The van der Waals surface area contributed by atoms with E-state index in [-0.39, 0.29) is 17.9 Å². The lowest BCUT2D eigenvalue weighted by Crippen LogP contribution is -2.43. The topological polar surface area (TPSA) is 49.9 Å². The zero-order chi connectivity index (χ0) is 12.3. The van der Waals surface area contributed by atoms with Gasteiger partial charge >= 0.3 is 6.09 Å². The van der Waals surface area contributed by atoms with Gasteiger partial charge < -0.3 is 14.5 Å². The van der Waals surface area contributed by atoms with Gasteiger partial charge in [-0.1, -0.05) is 0 Å². The van der Waals surface area contributed by atoms with Crippen LogP contribution in [0.4, 0.5) is 4.79 Å². The van der Waals surface area contributed by atoms with E-state index in [9.17, 15) is 9.59 Å². The molecule has 2 rings (SSSR count). The molecule has 5 nitrogen and oxygen atoms in total. The number of ether oxygens (including phenoxy) is 1. The Balaban J connectivity index is 1.82. The Morgan fingerprint density at radius 3 is 2.12 bits per heavy atom. The summed E-state index contributed by atoms with van der Waals surface area (Å²) in [7, 11) is 1.39. The lowest BCUT2D eigenvalue weighted by Gasteiger charge is -2.32. The average molecular weight is 240 g/mol. The van der Waals surface area contributed by atoms with Gasteiger partial charge in [-0.25, -0.2) is 4.79 Å². The number of likely N-dealkylation sites (tertiary alicyclic amines) is 2. The Morgan fingerprint density at radius 2 is 1.59 bits per heavy atom. The van der Waals surface area contributed by atoms with Crippen molar-refractivity contribution in [2.75, 3.05) is 33.3 Å². The van der Waals surface area contributed by atoms with Crippen LogP contribution in [0.3, 0.4) is 0 Å². The molecule has 2 fully saturated rings. The molecule has 0 N–H and O–H groups in total. The Labute approximate surface area is 102 Å². The molecule has 0 unspecified atom stereocenters. The smallest absolute Gasteiger partial charge is 0.409 e. The summed E-state index contributed by atoms with van der Waals surface area (Å²) in [4.78, 5) is 27.1. The number of carbonyl (C=O) groups excluding carboxylic acids is 2. The van der Waals surface area contributed by atoms with E-state index in [0.29, 0.717) is 13.1 Å². The van der Waals surface area contributed by atoms with Crippen molar-refractivity contribution >= 4 is 12.0 Å². The van der Waals surface area contributed by atoms with E-state index < -0.39 is 0 Å². The molecule has 0 aromatic carbocycles. The third-order valence-electron chi connectivity index (χ3n) is 3.69. The summed E-state index contributed by atoms with van der Waals surface area (Å²) in [5.74, 6) is 0.390. The van der Waals surface area contributed by atoms with Gasteiger partial charge in [0.05, 0.1) is 7.11 Å². The minimum Gasteiger partial charge on any atom is -0.453 e. The van der Waals surface area contributed by atoms with E-state index in [0.717, 1.165) is 38.8 Å². The van der Waals surface area contributed by atoms with Crippen molar-refractivity contribution in [3.63, 3.8) is 0 Å². The van der Waals surface area contributed by atoms with Crippen LogP contribution in [-0.2, 0) is 9.53 Å². The van der Waals surface area contributed by atoms with Gasteiger partial charge in [0.25, 0.3) is 0 Å². The SMILES string of the molecule is COC(=O)N1CCC(C(=O)N2CCCC2)CC1. The van der Waals surface area contributed by atoms with Crippen LogP contribution < -0.4 is 0 Å². The van der Waals surface area contributed by atoms with E-state index in [2.05, 4.69) is 4.74 Å². The van der Waals surface area contributed by atoms with Crippen LogP contribution in [0, 0.1) is 5.92 Å². The average Bonchev–Trinajstić information content (AvgIpc) is 2.91. The normalized spacial score (nSPS) is 21.7. The van der Waals surface area contributed by atoms with Crippen molar-refractivity contribution in [3.05, 3.63) is 0 Å². The predicted molar refractivity (Wildman–Crippen MR) is 62.5 cm³/mol. The van der Waals surface area contributed by atoms with Gasteiger partial charge in [0.2, 0.25) is 5.91 Å². The molecule has 0 spiro atoms. The number of methoxy groups -OCH3 is 1. The Hall–Kier alpha value is -1.26. The fourth-order valence-corrected chi connectivity index (χ4v) is 2.63. The molecule has 96 valence electrons. The number of amides is 2. The maximum Gasteiger partial charge on any atom is 0.409 e. The molecular formula is C12H20N2O3. The molecule has 17 heavy (non-hydrogen) atoms. The first-order valence-electron chi connectivity index (χ1n) is 6.34. The van der Waals surface area contributed by atoms with Crippen LogP contribution in [0.1, 0.15) is 25.7 Å². The second-order valence-corrected chi connectivity index (χ2v) is 4.76. The van der Waals surface area contributed by atoms with Crippen LogP contribution >= 0.6 is 0 Å². The van der Waals surface area contributed by atoms with E-state index in [1.807, 2.05) is 4.90 Å². The largest absolute Gasteiger partial charge is 0.453 e. The fourth-order valence-electron chi connectivity index (χ4n) is 2.63. The maximum absolute atomic E-state index is 12.1. The molecule has 2 saturated heterocycles. The maximum atomic E-state index is 12.1. The monoisotopic (exact) mass is 240 g/mol. The van der Waals surface area contributed by atoms with Crippen molar-refractivity contribution in [1.82, 2.24) is 9.80 Å². The minimum absolute atomic E-state index is 0.106. The Morgan fingerprint density at radius 1 is 1.00 bits per heavy atom. The van der Waals surface area contributed by atoms with Crippen LogP contribution in [0.15, 0.2) is 0 Å². The lowest BCUT2D eigenvalue weighted by atomic mass is 9.95. The third kappa shape index (κ3) is 2.70. The zero-order valence-electron chi connectivity index (χ0n) is 10.4. The summed E-state index contributed by atoms with van der Waals surface area (Å²) in [6.45, 7) is 3.10. The van der Waals surface area contributed by atoms with Gasteiger partial charge in [-0.15, -0.1) is 0 Å². The van der Waals surface area contributed by atoms with Gasteiger partial charge in [0.1, 0.15) is 0 Å². The molecule has 2 aliphatic heterocycles. The molecule has 2 aliphatic rings. The van der Waals surface area contributed by atoms with Crippen molar-refractivity contribution in [1.29, 1.82) is 0 Å². The van der Waals surface area contributed by atoms with Crippen LogP contribution in [0.2, 0.25) is 0 Å². The van der Waals surface area contributed by atoms with E-state index in [4.69, 9.17) is 0 Å². The first kappa shape index (κ1) is 12.2. The summed E-state index contributed by atoms with van der Waals surface area (Å²) in [6, 6.07) is 0. The number of hydrogen-bond donors (Lipinski definition) is 0. The quantitative estimate of drug-likeness (QED) is 0.689. The first-order chi connectivity index (χ1) is 8.22. The molecule has 0 radical (unpaired) electrons. The highest BCUT2D eigenvalue weighted by atomic mass is 16.5. The molecule has 2 heterocycles. The van der Waals surface area contributed by atoms with Crippen LogP contribution in [0.5, 0.6) is 0 Å². The Kier molecular flexibility index (Phi) is 3.86. The van der Waals surface area contributed by atoms with Crippen molar-refractivity contribution in [2.24, 2.45) is 5.92 Å². The van der Waals surface area contributed by atoms with E-state index in [1.165, 1.54) is 7.11 Å². The predicted octanol–water partition coefficient (Wildman–Crippen LogP) is 1.09. The Bertz CT molecular complexity index is 292. The van der Waals surface area contributed by atoms with Crippen molar-refractivity contribution in [3.8, 4) is 0 Å². The number of rotatable bonds is 1. The third-order valence-corrected chi connectivity index (χ3v) is 3.69. The molecule has 0 saturated carbocycles.